The van der Waals surface area contributed by atoms with Crippen LogP contribution >= 0.6 is 0 Å². The normalized spacial score (nSPS) is 25.5. The van der Waals surface area contributed by atoms with E-state index in [4.69, 9.17) is 4.42 Å². The summed E-state index contributed by atoms with van der Waals surface area (Å²) < 4.78 is 5.11. The van der Waals surface area contributed by atoms with Crippen molar-refractivity contribution in [3.63, 3.8) is 0 Å². The van der Waals surface area contributed by atoms with Gasteiger partial charge < -0.3 is 15.1 Å². The Balaban J connectivity index is 2.07. The molecular weight excluding hydrogens is 192 g/mol. The molecule has 0 aliphatic carbocycles. The van der Waals surface area contributed by atoms with Crippen LogP contribution in [0.15, 0.2) is 16.7 Å². The first-order valence-electron chi connectivity index (χ1n) is 5.18. The summed E-state index contributed by atoms with van der Waals surface area (Å²) >= 11 is 0. The van der Waals surface area contributed by atoms with E-state index < -0.39 is 0 Å². The van der Waals surface area contributed by atoms with E-state index in [1.807, 2.05) is 0 Å². The van der Waals surface area contributed by atoms with Gasteiger partial charge >= 0.3 is 0 Å². The summed E-state index contributed by atoms with van der Waals surface area (Å²) in [6.07, 6.45) is 2.51. The highest BCUT2D eigenvalue weighted by molar-refractivity contribution is 5.95. The van der Waals surface area contributed by atoms with Crippen molar-refractivity contribution in [2.45, 2.75) is 25.8 Å². The van der Waals surface area contributed by atoms with Crippen molar-refractivity contribution in [2.75, 3.05) is 13.1 Å². The first-order valence-corrected chi connectivity index (χ1v) is 5.18. The number of hydrogen-bond donors (Lipinski definition) is 2. The Kier molecular flexibility index (Phi) is 2.52. The molecule has 1 aromatic heterocycles. The molecule has 15 heavy (non-hydrogen) atoms. The van der Waals surface area contributed by atoms with Gasteiger partial charge in [0.2, 0.25) is 0 Å². The van der Waals surface area contributed by atoms with Crippen LogP contribution in [-0.2, 0) is 0 Å². The van der Waals surface area contributed by atoms with Gasteiger partial charge in [-0.25, -0.2) is 0 Å². The molecule has 1 saturated heterocycles. The van der Waals surface area contributed by atoms with Gasteiger partial charge in [0.1, 0.15) is 5.76 Å². The van der Waals surface area contributed by atoms with Crippen molar-refractivity contribution in [1.29, 1.82) is 0 Å². The van der Waals surface area contributed by atoms with Crippen LogP contribution in [0.25, 0.3) is 0 Å². The van der Waals surface area contributed by atoms with Crippen molar-refractivity contribution in [3.05, 3.63) is 23.7 Å². The molecule has 1 aliphatic heterocycles. The van der Waals surface area contributed by atoms with Gasteiger partial charge in [-0.1, -0.05) is 0 Å². The van der Waals surface area contributed by atoms with E-state index >= 15 is 0 Å². The molecular formula is C11H16N2O2. The molecule has 1 aromatic rings. The lowest BCUT2D eigenvalue weighted by Crippen LogP contribution is -2.47. The average Bonchev–Trinajstić information content (AvgIpc) is 2.74. The van der Waals surface area contributed by atoms with Crippen LogP contribution in [-0.4, -0.2) is 24.5 Å². The third-order valence-corrected chi connectivity index (χ3v) is 2.89. The summed E-state index contributed by atoms with van der Waals surface area (Å²) in [6.45, 7) is 5.64. The molecule has 1 amide bonds. The zero-order valence-corrected chi connectivity index (χ0v) is 9.09. The summed E-state index contributed by atoms with van der Waals surface area (Å²) in [6, 6.07) is 1.70. The first kappa shape index (κ1) is 10.2. The molecule has 1 atom stereocenters. The average molecular weight is 208 g/mol. The lowest BCUT2D eigenvalue weighted by molar-refractivity contribution is 0.0911. The lowest BCUT2D eigenvalue weighted by atomic mass is 10.0. The minimum Gasteiger partial charge on any atom is -0.469 e. The molecule has 82 valence electrons. The van der Waals surface area contributed by atoms with Crippen LogP contribution in [0.2, 0.25) is 0 Å². The summed E-state index contributed by atoms with van der Waals surface area (Å²) in [5.74, 6) is 0.620. The Morgan fingerprint density at radius 2 is 2.47 bits per heavy atom. The van der Waals surface area contributed by atoms with Gasteiger partial charge in [0.15, 0.2) is 0 Å². The van der Waals surface area contributed by atoms with Crippen molar-refractivity contribution in [2.24, 2.45) is 0 Å². The minimum atomic E-state index is -0.124. The van der Waals surface area contributed by atoms with Crippen LogP contribution in [0, 0.1) is 6.92 Å². The van der Waals surface area contributed by atoms with Gasteiger partial charge in [-0.3, -0.25) is 4.79 Å². The van der Waals surface area contributed by atoms with E-state index in [2.05, 4.69) is 17.6 Å². The summed E-state index contributed by atoms with van der Waals surface area (Å²) in [7, 11) is 0. The smallest absolute Gasteiger partial charge is 0.255 e. The molecule has 4 nitrogen and oxygen atoms in total. The zero-order chi connectivity index (χ0) is 10.9. The second kappa shape index (κ2) is 3.70. The maximum Gasteiger partial charge on any atom is 0.255 e. The van der Waals surface area contributed by atoms with E-state index in [1.54, 1.807) is 19.3 Å². The topological polar surface area (TPSA) is 54.3 Å². The Hall–Kier alpha value is -1.29. The predicted molar refractivity (Wildman–Crippen MR) is 56.8 cm³/mol. The molecule has 2 rings (SSSR count). The molecule has 4 heteroatoms. The van der Waals surface area contributed by atoms with Gasteiger partial charge in [-0.2, -0.15) is 0 Å². The third kappa shape index (κ3) is 2.04. The maximum absolute atomic E-state index is 11.9. The Morgan fingerprint density at radius 3 is 3.00 bits per heavy atom. The summed E-state index contributed by atoms with van der Waals surface area (Å²) in [4.78, 5) is 11.9. The van der Waals surface area contributed by atoms with E-state index in [9.17, 15) is 4.79 Å². The highest BCUT2D eigenvalue weighted by atomic mass is 16.3. The fourth-order valence-corrected chi connectivity index (χ4v) is 1.89. The second-order valence-electron chi connectivity index (χ2n) is 4.33. The van der Waals surface area contributed by atoms with Crippen LogP contribution in [0.1, 0.15) is 29.5 Å². The van der Waals surface area contributed by atoms with Crippen molar-refractivity contribution in [3.8, 4) is 0 Å². The van der Waals surface area contributed by atoms with Crippen LogP contribution in [0.3, 0.4) is 0 Å². The lowest BCUT2D eigenvalue weighted by Gasteiger charge is -2.24. The molecule has 0 spiro atoms. The van der Waals surface area contributed by atoms with Crippen LogP contribution < -0.4 is 10.6 Å². The molecule has 1 unspecified atom stereocenters. The molecule has 1 aliphatic rings. The van der Waals surface area contributed by atoms with E-state index in [-0.39, 0.29) is 11.4 Å². The molecule has 0 bridgehead atoms. The molecule has 1 fully saturated rings. The number of amides is 1. The van der Waals surface area contributed by atoms with E-state index in [1.165, 1.54) is 0 Å². The number of carbonyl (C=O) groups is 1. The quantitative estimate of drug-likeness (QED) is 0.764. The van der Waals surface area contributed by atoms with Gasteiger partial charge in [-0.05, 0) is 32.9 Å². The fraction of sp³-hybridized carbons (Fsp3) is 0.545. The summed E-state index contributed by atoms with van der Waals surface area (Å²) in [5.41, 5.74) is 0.504. The number of rotatable bonds is 2. The zero-order valence-electron chi connectivity index (χ0n) is 9.09. The molecule has 0 saturated carbocycles. The number of furan rings is 1. The predicted octanol–water partition coefficient (Wildman–Crippen LogP) is 1.07. The van der Waals surface area contributed by atoms with Crippen LogP contribution in [0.5, 0.6) is 0 Å². The van der Waals surface area contributed by atoms with Crippen LogP contribution in [0.4, 0.5) is 0 Å². The number of aryl methyl sites for hydroxylation is 1. The van der Waals surface area contributed by atoms with Crippen molar-refractivity contribution in [1.82, 2.24) is 10.6 Å². The van der Waals surface area contributed by atoms with Gasteiger partial charge in [-0.15, -0.1) is 0 Å². The largest absolute Gasteiger partial charge is 0.469 e. The third-order valence-electron chi connectivity index (χ3n) is 2.89. The minimum absolute atomic E-state index is 0.0487. The standard InChI is InChI=1S/C11H16N2O2/c1-8-9(3-6-15-8)10(14)13-11(2)4-5-12-7-11/h3,6,12H,4-5,7H2,1-2H3,(H,13,14). The monoisotopic (exact) mass is 208 g/mol. The van der Waals surface area contributed by atoms with E-state index in [0.29, 0.717) is 11.3 Å². The van der Waals surface area contributed by atoms with E-state index in [0.717, 1.165) is 19.5 Å². The molecule has 2 heterocycles. The molecule has 2 N–H and O–H groups in total. The van der Waals surface area contributed by atoms with Crippen molar-refractivity contribution < 1.29 is 9.21 Å². The second-order valence-corrected chi connectivity index (χ2v) is 4.33. The Bertz CT molecular complexity index is 364. The first-order chi connectivity index (χ1) is 7.11. The van der Waals surface area contributed by atoms with Crippen molar-refractivity contribution >= 4 is 5.91 Å². The molecule has 0 aromatic carbocycles. The number of hydrogen-bond acceptors (Lipinski definition) is 3. The number of nitrogens with one attached hydrogen (secondary N) is 2. The Morgan fingerprint density at radius 1 is 1.67 bits per heavy atom. The highest BCUT2D eigenvalue weighted by Crippen LogP contribution is 2.16. The molecule has 0 radical (unpaired) electrons. The summed E-state index contributed by atoms with van der Waals surface area (Å²) in [5, 5.41) is 6.28. The van der Waals surface area contributed by atoms with Gasteiger partial charge in [0.25, 0.3) is 5.91 Å². The fourth-order valence-electron chi connectivity index (χ4n) is 1.89. The van der Waals surface area contributed by atoms with Gasteiger partial charge in [0.05, 0.1) is 17.4 Å². The SMILES string of the molecule is Cc1occc1C(=O)NC1(C)CCNC1. The highest BCUT2D eigenvalue weighted by Gasteiger charge is 2.30. The van der Waals surface area contributed by atoms with Gasteiger partial charge in [0, 0.05) is 6.54 Å². The number of carbonyl (C=O) groups excluding carboxylic acids is 1. The Labute approximate surface area is 89.0 Å². The maximum atomic E-state index is 11.9.